The number of carbonyl (C=O) groups excluding carboxylic acids is 1. The third-order valence-corrected chi connectivity index (χ3v) is 5.33. The second-order valence-electron chi connectivity index (χ2n) is 7.65. The number of phenols is 1. The van der Waals surface area contributed by atoms with Gasteiger partial charge < -0.3 is 19.3 Å². The van der Waals surface area contributed by atoms with Gasteiger partial charge in [-0.05, 0) is 48.5 Å². The summed E-state index contributed by atoms with van der Waals surface area (Å²) in [4.78, 5) is 15.0. The van der Waals surface area contributed by atoms with Crippen molar-refractivity contribution in [2.45, 2.75) is 13.1 Å². The van der Waals surface area contributed by atoms with E-state index in [2.05, 4.69) is 17.0 Å². The highest BCUT2D eigenvalue weighted by Gasteiger charge is 2.31. The van der Waals surface area contributed by atoms with Crippen LogP contribution in [0.1, 0.15) is 27.0 Å². The van der Waals surface area contributed by atoms with Gasteiger partial charge in [0.25, 0.3) is 0 Å². The summed E-state index contributed by atoms with van der Waals surface area (Å²) in [5, 5.41) is 10.5. The lowest BCUT2D eigenvalue weighted by Crippen LogP contribution is -2.17. The number of hydrogen-bond donors (Lipinski definition) is 1. The van der Waals surface area contributed by atoms with Crippen molar-refractivity contribution in [3.8, 4) is 23.0 Å². The van der Waals surface area contributed by atoms with Crippen molar-refractivity contribution in [2.24, 2.45) is 0 Å². The Morgan fingerprint density at radius 2 is 1.81 bits per heavy atom. The van der Waals surface area contributed by atoms with Crippen LogP contribution in [0, 0.1) is 0 Å². The molecular formula is C25H21NO5. The predicted octanol–water partition coefficient (Wildman–Crippen LogP) is 4.37. The summed E-state index contributed by atoms with van der Waals surface area (Å²) >= 11 is 0. The number of fused-ring (bicyclic) bond motifs is 2. The van der Waals surface area contributed by atoms with E-state index in [1.54, 1.807) is 30.3 Å². The van der Waals surface area contributed by atoms with Crippen molar-refractivity contribution in [3.05, 3.63) is 88.7 Å². The van der Waals surface area contributed by atoms with Crippen LogP contribution in [0.25, 0.3) is 6.08 Å². The maximum atomic E-state index is 12.9. The summed E-state index contributed by atoms with van der Waals surface area (Å²) in [7, 11) is 1.96. The molecule has 0 aliphatic carbocycles. The highest BCUT2D eigenvalue weighted by atomic mass is 16.7. The van der Waals surface area contributed by atoms with Gasteiger partial charge in [0, 0.05) is 13.1 Å². The maximum absolute atomic E-state index is 12.9. The Kier molecular flexibility index (Phi) is 4.84. The molecule has 0 spiro atoms. The standard InChI is InChI=1S/C25H21NO5/c1-26(13-16-5-3-2-4-6-16)14-19-20(27)9-8-18-24(28)23(31-25(18)19)12-17-7-10-21-22(11-17)30-15-29-21/h2-12,27H,13-15H2,1H3/b23-12-. The zero-order valence-electron chi connectivity index (χ0n) is 17.0. The van der Waals surface area contributed by atoms with E-state index in [1.807, 2.05) is 31.3 Å². The molecule has 0 aromatic heterocycles. The fourth-order valence-electron chi connectivity index (χ4n) is 3.82. The zero-order valence-corrected chi connectivity index (χ0v) is 17.0. The number of Topliss-reactive ketones (excluding diaryl/α,β-unsaturated/α-hetero) is 1. The van der Waals surface area contributed by atoms with Gasteiger partial charge in [0.05, 0.1) is 11.1 Å². The van der Waals surface area contributed by atoms with Crippen LogP contribution in [0.15, 0.2) is 66.4 Å². The molecule has 156 valence electrons. The molecule has 0 saturated carbocycles. The van der Waals surface area contributed by atoms with Gasteiger partial charge in [-0.1, -0.05) is 36.4 Å². The summed E-state index contributed by atoms with van der Waals surface area (Å²) in [5.74, 6) is 1.84. The lowest BCUT2D eigenvalue weighted by atomic mass is 10.0. The van der Waals surface area contributed by atoms with Crippen molar-refractivity contribution < 1.29 is 24.1 Å². The Morgan fingerprint density at radius 3 is 2.65 bits per heavy atom. The van der Waals surface area contributed by atoms with Gasteiger partial charge in [-0.15, -0.1) is 0 Å². The van der Waals surface area contributed by atoms with Crippen LogP contribution >= 0.6 is 0 Å². The van der Waals surface area contributed by atoms with E-state index in [1.165, 1.54) is 0 Å². The van der Waals surface area contributed by atoms with Crippen LogP contribution in [0.5, 0.6) is 23.0 Å². The minimum atomic E-state index is -0.209. The molecule has 0 fully saturated rings. The Labute approximate surface area is 179 Å². The Morgan fingerprint density at radius 1 is 1.00 bits per heavy atom. The molecule has 2 heterocycles. The number of carbonyl (C=O) groups is 1. The lowest BCUT2D eigenvalue weighted by molar-refractivity contribution is 0.101. The van der Waals surface area contributed by atoms with Crippen LogP contribution in [0.4, 0.5) is 0 Å². The number of nitrogens with zero attached hydrogens (tertiary/aromatic N) is 1. The molecule has 0 saturated heterocycles. The van der Waals surface area contributed by atoms with Gasteiger partial charge in [-0.2, -0.15) is 0 Å². The number of ether oxygens (including phenoxy) is 3. The van der Waals surface area contributed by atoms with Crippen molar-refractivity contribution in [1.29, 1.82) is 0 Å². The first kappa shape index (κ1) is 19.2. The minimum absolute atomic E-state index is 0.107. The summed E-state index contributed by atoms with van der Waals surface area (Å²) in [5.41, 5.74) is 2.98. The first-order valence-corrected chi connectivity index (χ1v) is 10.00. The third-order valence-electron chi connectivity index (χ3n) is 5.33. The van der Waals surface area contributed by atoms with Gasteiger partial charge in [-0.3, -0.25) is 9.69 Å². The topological polar surface area (TPSA) is 68.2 Å². The summed E-state index contributed by atoms with van der Waals surface area (Å²) < 4.78 is 16.7. The molecule has 3 aromatic carbocycles. The fourth-order valence-corrected chi connectivity index (χ4v) is 3.82. The molecule has 31 heavy (non-hydrogen) atoms. The molecule has 6 nitrogen and oxygen atoms in total. The molecule has 2 aliphatic heterocycles. The molecule has 0 unspecified atom stereocenters. The first-order valence-electron chi connectivity index (χ1n) is 10.00. The van der Waals surface area contributed by atoms with Crippen LogP contribution in [0.3, 0.4) is 0 Å². The maximum Gasteiger partial charge on any atom is 0.231 e. The number of rotatable bonds is 5. The second kappa shape index (κ2) is 7.81. The van der Waals surface area contributed by atoms with Crippen LogP contribution < -0.4 is 14.2 Å². The molecule has 0 amide bonds. The smallest absolute Gasteiger partial charge is 0.231 e. The third kappa shape index (κ3) is 3.73. The number of ketones is 1. The fraction of sp³-hybridized carbons (Fsp3) is 0.160. The molecule has 0 radical (unpaired) electrons. The van der Waals surface area contributed by atoms with Gasteiger partial charge in [0.1, 0.15) is 11.5 Å². The number of hydrogen-bond acceptors (Lipinski definition) is 6. The average Bonchev–Trinajstić information content (AvgIpc) is 3.35. The molecule has 3 aromatic rings. The van der Waals surface area contributed by atoms with Gasteiger partial charge in [-0.25, -0.2) is 0 Å². The normalized spacial score (nSPS) is 15.4. The van der Waals surface area contributed by atoms with Crippen LogP contribution in [-0.2, 0) is 13.1 Å². The molecule has 1 N–H and O–H groups in total. The van der Waals surface area contributed by atoms with E-state index >= 15 is 0 Å². The van der Waals surface area contributed by atoms with E-state index in [0.29, 0.717) is 41.5 Å². The Hall–Kier alpha value is -3.77. The monoisotopic (exact) mass is 415 g/mol. The number of aromatic hydroxyl groups is 1. The van der Waals surface area contributed by atoms with E-state index in [9.17, 15) is 9.90 Å². The quantitative estimate of drug-likeness (QED) is 0.624. The summed E-state index contributed by atoms with van der Waals surface area (Å²) in [6, 6.07) is 18.7. The largest absolute Gasteiger partial charge is 0.507 e. The van der Waals surface area contributed by atoms with Crippen LogP contribution in [-0.4, -0.2) is 29.6 Å². The highest BCUT2D eigenvalue weighted by molar-refractivity contribution is 6.15. The van der Waals surface area contributed by atoms with E-state index in [4.69, 9.17) is 14.2 Å². The first-order chi connectivity index (χ1) is 15.1. The van der Waals surface area contributed by atoms with E-state index in [-0.39, 0.29) is 24.1 Å². The van der Waals surface area contributed by atoms with E-state index < -0.39 is 0 Å². The summed E-state index contributed by atoms with van der Waals surface area (Å²) in [6.07, 6.45) is 1.68. The Bertz CT molecular complexity index is 1190. The SMILES string of the molecule is CN(Cc1ccccc1)Cc1c(O)ccc2c1O/C(=C\c1ccc3c(c1)OCO3)C2=O. The van der Waals surface area contributed by atoms with Crippen LogP contribution in [0.2, 0.25) is 0 Å². The van der Waals surface area contributed by atoms with Gasteiger partial charge in [0.15, 0.2) is 17.3 Å². The number of phenolic OH excluding ortho intramolecular Hbond substituents is 1. The predicted molar refractivity (Wildman–Crippen MR) is 115 cm³/mol. The summed E-state index contributed by atoms with van der Waals surface area (Å²) in [6.45, 7) is 1.33. The molecule has 0 atom stereocenters. The number of allylic oxidation sites excluding steroid dienone is 1. The minimum Gasteiger partial charge on any atom is -0.507 e. The zero-order chi connectivity index (χ0) is 21.4. The van der Waals surface area contributed by atoms with Crippen molar-refractivity contribution >= 4 is 11.9 Å². The van der Waals surface area contributed by atoms with Gasteiger partial charge >= 0.3 is 0 Å². The number of benzene rings is 3. The van der Waals surface area contributed by atoms with Crippen molar-refractivity contribution in [1.82, 2.24) is 4.90 Å². The molecule has 2 aliphatic rings. The average molecular weight is 415 g/mol. The van der Waals surface area contributed by atoms with Crippen molar-refractivity contribution in [3.63, 3.8) is 0 Å². The van der Waals surface area contributed by atoms with Gasteiger partial charge in [0.2, 0.25) is 12.6 Å². The molecule has 5 rings (SSSR count). The molecule has 6 heteroatoms. The van der Waals surface area contributed by atoms with E-state index in [0.717, 1.165) is 11.1 Å². The second-order valence-corrected chi connectivity index (χ2v) is 7.65. The molecule has 0 bridgehead atoms. The highest BCUT2D eigenvalue weighted by Crippen LogP contribution is 2.41. The molecular weight excluding hydrogens is 394 g/mol. The van der Waals surface area contributed by atoms with Crippen molar-refractivity contribution in [2.75, 3.05) is 13.8 Å². The Balaban J connectivity index is 1.41. The lowest BCUT2D eigenvalue weighted by Gasteiger charge is -2.19.